The lowest BCUT2D eigenvalue weighted by Gasteiger charge is -2.19. The number of aryl methyl sites for hydroxylation is 1. The molecule has 0 spiro atoms. The van der Waals surface area contributed by atoms with Crippen molar-refractivity contribution in [2.45, 2.75) is 46.1 Å². The number of benzene rings is 1. The van der Waals surface area contributed by atoms with Gasteiger partial charge in [-0.15, -0.1) is 0 Å². The van der Waals surface area contributed by atoms with Crippen molar-refractivity contribution in [1.29, 1.82) is 0 Å². The zero-order chi connectivity index (χ0) is 15.3. The monoisotopic (exact) mass is 281 g/mol. The van der Waals surface area contributed by atoms with Crippen molar-refractivity contribution in [3.8, 4) is 0 Å². The quantitative estimate of drug-likeness (QED) is 0.915. The van der Waals surface area contributed by atoms with Crippen LogP contribution in [-0.4, -0.2) is 17.5 Å². The maximum absolute atomic E-state index is 13.8. The maximum Gasteiger partial charge on any atom is 0.412 e. The molecule has 1 aromatic rings. The van der Waals surface area contributed by atoms with Crippen molar-refractivity contribution in [3.63, 3.8) is 0 Å². The predicted molar refractivity (Wildman–Crippen MR) is 75.3 cm³/mol. The number of halogens is 1. The Morgan fingerprint density at radius 1 is 1.30 bits per heavy atom. The van der Waals surface area contributed by atoms with Crippen molar-refractivity contribution in [3.05, 3.63) is 29.6 Å². The first kappa shape index (κ1) is 16.1. The molecule has 0 saturated heterocycles. The molecule has 1 amide bonds. The van der Waals surface area contributed by atoms with E-state index in [4.69, 9.17) is 4.74 Å². The predicted octanol–water partition coefficient (Wildman–Crippen LogP) is 3.69. The molecule has 110 valence electrons. The van der Waals surface area contributed by atoms with Gasteiger partial charge in [0.1, 0.15) is 17.2 Å². The summed E-state index contributed by atoms with van der Waals surface area (Å²) in [5.74, 6) is -0.430. The van der Waals surface area contributed by atoms with Crippen LogP contribution >= 0.6 is 0 Å². The fourth-order valence-corrected chi connectivity index (χ4v) is 1.56. The highest BCUT2D eigenvalue weighted by Crippen LogP contribution is 2.17. The second kappa shape index (κ2) is 6.50. The minimum absolute atomic E-state index is 0.0142. The Morgan fingerprint density at radius 3 is 2.45 bits per heavy atom. The van der Waals surface area contributed by atoms with Gasteiger partial charge in [-0.1, -0.05) is 6.07 Å². The van der Waals surface area contributed by atoms with Gasteiger partial charge in [-0.2, -0.15) is 0 Å². The van der Waals surface area contributed by atoms with Crippen LogP contribution in [0.25, 0.3) is 0 Å². The van der Waals surface area contributed by atoms with E-state index in [1.165, 1.54) is 13.0 Å². The molecule has 0 radical (unpaired) electrons. The molecule has 0 atom stereocenters. The van der Waals surface area contributed by atoms with E-state index < -0.39 is 17.5 Å². The first-order valence-corrected chi connectivity index (χ1v) is 6.45. The van der Waals surface area contributed by atoms with E-state index in [1.807, 2.05) is 0 Å². The summed E-state index contributed by atoms with van der Waals surface area (Å²) < 4.78 is 18.9. The highest BCUT2D eigenvalue weighted by atomic mass is 19.1. The molecule has 0 aliphatic rings. The van der Waals surface area contributed by atoms with Crippen LogP contribution in [0.1, 0.15) is 39.7 Å². The van der Waals surface area contributed by atoms with Crippen LogP contribution in [0.4, 0.5) is 14.9 Å². The summed E-state index contributed by atoms with van der Waals surface area (Å²) in [4.78, 5) is 22.4. The summed E-state index contributed by atoms with van der Waals surface area (Å²) in [7, 11) is 0. The van der Waals surface area contributed by atoms with E-state index in [-0.39, 0.29) is 5.78 Å². The molecule has 5 heteroatoms. The van der Waals surface area contributed by atoms with Crippen molar-refractivity contribution in [2.75, 3.05) is 5.32 Å². The van der Waals surface area contributed by atoms with E-state index in [9.17, 15) is 14.0 Å². The number of carbonyl (C=O) groups excluding carboxylic acids is 2. The van der Waals surface area contributed by atoms with E-state index in [2.05, 4.69) is 5.32 Å². The Bertz CT molecular complexity index is 506. The molecule has 1 N–H and O–H groups in total. The first-order chi connectivity index (χ1) is 9.17. The molecule has 0 bridgehead atoms. The van der Waals surface area contributed by atoms with Crippen LogP contribution in [0.15, 0.2) is 18.2 Å². The summed E-state index contributed by atoms with van der Waals surface area (Å²) in [6.07, 6.45) is 0.0253. The summed E-state index contributed by atoms with van der Waals surface area (Å²) in [5, 5.41) is 2.46. The van der Waals surface area contributed by atoms with Crippen molar-refractivity contribution < 1.29 is 18.7 Å². The number of rotatable bonds is 4. The maximum atomic E-state index is 13.8. The first-order valence-electron chi connectivity index (χ1n) is 6.45. The fraction of sp³-hybridized carbons (Fsp3) is 0.467. The zero-order valence-electron chi connectivity index (χ0n) is 12.2. The summed E-state index contributed by atoms with van der Waals surface area (Å²) in [6, 6.07) is 4.37. The average Bonchev–Trinajstić information content (AvgIpc) is 2.24. The fourth-order valence-electron chi connectivity index (χ4n) is 1.56. The van der Waals surface area contributed by atoms with Gasteiger partial charge < -0.3 is 9.53 Å². The molecule has 4 nitrogen and oxygen atoms in total. The van der Waals surface area contributed by atoms with E-state index in [1.54, 1.807) is 32.9 Å². The number of amides is 1. The number of hydrogen-bond donors (Lipinski definition) is 1. The molecular formula is C15H20FNO3. The number of Topliss-reactive ketones (excluding diaryl/α,β-unsaturated/α-hetero) is 1. The highest BCUT2D eigenvalue weighted by molar-refractivity contribution is 5.84. The lowest BCUT2D eigenvalue weighted by Crippen LogP contribution is -2.27. The van der Waals surface area contributed by atoms with Crippen LogP contribution in [0.2, 0.25) is 0 Å². The van der Waals surface area contributed by atoms with Crippen LogP contribution in [0.5, 0.6) is 0 Å². The normalized spacial score (nSPS) is 11.1. The Kier molecular flexibility index (Phi) is 5.25. The van der Waals surface area contributed by atoms with Gasteiger partial charge in [0, 0.05) is 12.1 Å². The van der Waals surface area contributed by atoms with Gasteiger partial charge in [-0.25, -0.2) is 9.18 Å². The molecule has 1 rings (SSSR count). The van der Waals surface area contributed by atoms with Crippen molar-refractivity contribution in [2.24, 2.45) is 0 Å². The molecule has 0 aliphatic carbocycles. The van der Waals surface area contributed by atoms with Gasteiger partial charge in [0.05, 0.1) is 0 Å². The van der Waals surface area contributed by atoms with Gasteiger partial charge in [0.2, 0.25) is 0 Å². The molecule has 0 unspecified atom stereocenters. The zero-order valence-corrected chi connectivity index (χ0v) is 12.2. The third-order valence-corrected chi connectivity index (χ3v) is 2.44. The average molecular weight is 281 g/mol. The molecule has 20 heavy (non-hydrogen) atoms. The highest BCUT2D eigenvalue weighted by Gasteiger charge is 2.16. The van der Waals surface area contributed by atoms with E-state index in [0.717, 1.165) is 0 Å². The van der Waals surface area contributed by atoms with E-state index >= 15 is 0 Å². The molecule has 0 heterocycles. The molecule has 0 aliphatic heterocycles. The van der Waals surface area contributed by atoms with Gasteiger partial charge in [0.15, 0.2) is 0 Å². The van der Waals surface area contributed by atoms with Crippen LogP contribution < -0.4 is 5.32 Å². The standard InChI is InChI=1S/C15H20FNO3/c1-10(18)5-6-11-7-8-12(9-13(11)16)17-14(19)20-15(2,3)4/h7-9H,5-6H2,1-4H3,(H,17,19). The molecular weight excluding hydrogens is 261 g/mol. The van der Waals surface area contributed by atoms with Gasteiger partial charge in [0.25, 0.3) is 0 Å². The Morgan fingerprint density at radius 2 is 1.95 bits per heavy atom. The second-order valence-corrected chi connectivity index (χ2v) is 5.64. The summed E-state index contributed by atoms with van der Waals surface area (Å²) in [6.45, 7) is 6.71. The van der Waals surface area contributed by atoms with Gasteiger partial charge in [-0.3, -0.25) is 5.32 Å². The SMILES string of the molecule is CC(=O)CCc1ccc(NC(=O)OC(C)(C)C)cc1F. The Labute approximate surface area is 118 Å². The summed E-state index contributed by atoms with van der Waals surface area (Å²) in [5.41, 5.74) is 0.169. The lowest BCUT2D eigenvalue weighted by atomic mass is 10.1. The largest absolute Gasteiger partial charge is 0.444 e. The van der Waals surface area contributed by atoms with Gasteiger partial charge in [-0.05, 0) is 51.8 Å². The van der Waals surface area contributed by atoms with E-state index in [0.29, 0.717) is 24.1 Å². The number of anilines is 1. The van der Waals surface area contributed by atoms with Crippen molar-refractivity contribution >= 4 is 17.6 Å². The Balaban J connectivity index is 2.67. The minimum Gasteiger partial charge on any atom is -0.444 e. The third-order valence-electron chi connectivity index (χ3n) is 2.44. The smallest absolute Gasteiger partial charge is 0.412 e. The second-order valence-electron chi connectivity index (χ2n) is 5.64. The lowest BCUT2D eigenvalue weighted by molar-refractivity contribution is -0.116. The van der Waals surface area contributed by atoms with Crippen LogP contribution in [-0.2, 0) is 16.0 Å². The molecule has 0 fully saturated rings. The minimum atomic E-state index is -0.631. The van der Waals surface area contributed by atoms with Crippen LogP contribution in [0.3, 0.4) is 0 Å². The molecule has 0 aromatic heterocycles. The van der Waals surface area contributed by atoms with Crippen molar-refractivity contribution in [1.82, 2.24) is 0 Å². The number of hydrogen-bond acceptors (Lipinski definition) is 3. The number of carbonyl (C=O) groups is 2. The molecule has 1 aromatic carbocycles. The van der Waals surface area contributed by atoms with Crippen LogP contribution in [0, 0.1) is 5.82 Å². The van der Waals surface area contributed by atoms with Gasteiger partial charge >= 0.3 is 6.09 Å². The third kappa shape index (κ3) is 5.82. The Hall–Kier alpha value is -1.91. The summed E-state index contributed by atoms with van der Waals surface area (Å²) >= 11 is 0. The topological polar surface area (TPSA) is 55.4 Å². The number of ether oxygens (including phenoxy) is 1. The molecule has 0 saturated carbocycles. The number of nitrogens with one attached hydrogen (secondary N) is 1. The number of ketones is 1.